The van der Waals surface area contributed by atoms with Crippen molar-refractivity contribution in [2.45, 2.75) is 18.4 Å². The maximum atomic E-state index is 10.5. The van der Waals surface area contributed by atoms with Crippen LogP contribution in [0, 0.1) is 5.92 Å². The van der Waals surface area contributed by atoms with Crippen LogP contribution in [-0.2, 0) is 0 Å². The summed E-state index contributed by atoms with van der Waals surface area (Å²) in [6, 6.07) is 1.83. The number of aromatic nitrogens is 2. The smallest absolute Gasteiger partial charge is 0.225 e. The van der Waals surface area contributed by atoms with Gasteiger partial charge in [0.25, 0.3) is 0 Å². The number of hydrogen-bond donors (Lipinski definition) is 2. The van der Waals surface area contributed by atoms with Gasteiger partial charge >= 0.3 is 0 Å². The average molecular weight is 234 g/mol. The molecule has 1 aromatic rings. The summed E-state index contributed by atoms with van der Waals surface area (Å²) < 4.78 is 0. The molecular weight excluding hydrogens is 216 g/mol. The molecule has 0 spiro atoms. The van der Waals surface area contributed by atoms with Crippen LogP contribution in [-0.4, -0.2) is 46.9 Å². The van der Waals surface area contributed by atoms with Crippen molar-refractivity contribution in [2.24, 2.45) is 5.92 Å². The fraction of sp³-hybridized carbons (Fsp3) is 0.667. The average Bonchev–Trinajstić information content (AvgIpc) is 2.39. The number of piperidine rings is 2. The third-order valence-corrected chi connectivity index (χ3v) is 3.98. The van der Waals surface area contributed by atoms with Crippen LogP contribution in [0.5, 0.6) is 0 Å². The van der Waals surface area contributed by atoms with E-state index in [1.807, 2.05) is 6.07 Å². The first kappa shape index (κ1) is 10.9. The molecular formula is C12H18N4O. The van der Waals surface area contributed by atoms with Crippen LogP contribution < -0.4 is 10.2 Å². The fourth-order valence-electron chi connectivity index (χ4n) is 2.86. The largest absolute Gasteiger partial charge is 0.389 e. The summed E-state index contributed by atoms with van der Waals surface area (Å²) in [4.78, 5) is 10.7. The fourth-order valence-corrected chi connectivity index (χ4v) is 2.86. The first-order valence-corrected chi connectivity index (χ1v) is 6.23. The molecule has 0 radical (unpaired) electrons. The van der Waals surface area contributed by atoms with E-state index >= 15 is 0 Å². The molecule has 2 fully saturated rings. The van der Waals surface area contributed by atoms with Gasteiger partial charge in [0.05, 0.1) is 5.60 Å². The Labute approximate surface area is 101 Å². The molecule has 0 unspecified atom stereocenters. The normalized spacial score (nSPS) is 33.2. The molecule has 5 nitrogen and oxygen atoms in total. The van der Waals surface area contributed by atoms with Gasteiger partial charge in [0, 0.05) is 37.9 Å². The number of anilines is 1. The number of hydrogen-bond acceptors (Lipinski definition) is 5. The third kappa shape index (κ3) is 2.00. The van der Waals surface area contributed by atoms with E-state index in [2.05, 4.69) is 20.2 Å². The molecule has 2 N–H and O–H groups in total. The standard InChI is InChI=1S/C12H18N4O/c17-12-2-6-13-8-10(12)9-16(7-3-12)11-14-4-1-5-15-11/h1,4-5,10,13,17H,2-3,6-9H2/t10-,12-/m1/s1. The molecule has 0 aromatic carbocycles. The summed E-state index contributed by atoms with van der Waals surface area (Å²) >= 11 is 0. The van der Waals surface area contributed by atoms with Crippen molar-refractivity contribution < 1.29 is 5.11 Å². The number of nitrogens with one attached hydrogen (secondary N) is 1. The Morgan fingerprint density at radius 1 is 1.35 bits per heavy atom. The Bertz CT molecular complexity index is 385. The van der Waals surface area contributed by atoms with Crippen molar-refractivity contribution in [2.75, 3.05) is 31.1 Å². The van der Waals surface area contributed by atoms with Gasteiger partial charge in [-0.2, -0.15) is 0 Å². The monoisotopic (exact) mass is 234 g/mol. The molecule has 2 atom stereocenters. The minimum Gasteiger partial charge on any atom is -0.389 e. The van der Waals surface area contributed by atoms with Crippen LogP contribution in [0.2, 0.25) is 0 Å². The van der Waals surface area contributed by atoms with E-state index in [1.165, 1.54) is 0 Å². The Hall–Kier alpha value is -1.20. The van der Waals surface area contributed by atoms with Gasteiger partial charge in [-0.3, -0.25) is 0 Å². The molecule has 0 aliphatic carbocycles. The Morgan fingerprint density at radius 3 is 3.00 bits per heavy atom. The molecule has 2 aliphatic rings. The second-order valence-electron chi connectivity index (χ2n) is 5.00. The topological polar surface area (TPSA) is 61.3 Å². The molecule has 17 heavy (non-hydrogen) atoms. The van der Waals surface area contributed by atoms with Gasteiger partial charge in [0.15, 0.2) is 0 Å². The first-order valence-electron chi connectivity index (χ1n) is 6.23. The highest BCUT2D eigenvalue weighted by atomic mass is 16.3. The van der Waals surface area contributed by atoms with Crippen LogP contribution >= 0.6 is 0 Å². The van der Waals surface area contributed by atoms with Gasteiger partial charge in [0.1, 0.15) is 0 Å². The third-order valence-electron chi connectivity index (χ3n) is 3.98. The van der Waals surface area contributed by atoms with Gasteiger partial charge in [-0.25, -0.2) is 9.97 Å². The van der Waals surface area contributed by atoms with Crippen molar-refractivity contribution >= 4 is 5.95 Å². The van der Waals surface area contributed by atoms with Crippen molar-refractivity contribution in [1.82, 2.24) is 15.3 Å². The molecule has 3 rings (SSSR count). The van der Waals surface area contributed by atoms with Crippen LogP contribution in [0.3, 0.4) is 0 Å². The lowest BCUT2D eigenvalue weighted by Crippen LogP contribution is -2.59. The van der Waals surface area contributed by atoms with E-state index in [1.54, 1.807) is 12.4 Å². The maximum absolute atomic E-state index is 10.5. The summed E-state index contributed by atoms with van der Waals surface area (Å²) in [5, 5.41) is 13.9. The van der Waals surface area contributed by atoms with E-state index < -0.39 is 5.60 Å². The molecule has 2 saturated heterocycles. The Morgan fingerprint density at radius 2 is 2.18 bits per heavy atom. The van der Waals surface area contributed by atoms with Crippen LogP contribution in [0.4, 0.5) is 5.95 Å². The van der Waals surface area contributed by atoms with Crippen molar-refractivity contribution in [3.8, 4) is 0 Å². The molecule has 0 saturated carbocycles. The van der Waals surface area contributed by atoms with Crippen LogP contribution in [0.1, 0.15) is 12.8 Å². The highest BCUT2D eigenvalue weighted by molar-refractivity contribution is 5.30. The zero-order valence-electron chi connectivity index (χ0n) is 9.84. The zero-order chi connectivity index (χ0) is 11.7. The van der Waals surface area contributed by atoms with Crippen molar-refractivity contribution in [3.63, 3.8) is 0 Å². The van der Waals surface area contributed by atoms with Gasteiger partial charge < -0.3 is 15.3 Å². The predicted octanol–water partition coefficient (Wildman–Crippen LogP) is 0.0273. The highest BCUT2D eigenvalue weighted by Crippen LogP contribution is 2.33. The summed E-state index contributed by atoms with van der Waals surface area (Å²) in [6.07, 6.45) is 5.21. The predicted molar refractivity (Wildman–Crippen MR) is 64.8 cm³/mol. The van der Waals surface area contributed by atoms with Crippen LogP contribution in [0.15, 0.2) is 18.5 Å². The molecule has 1 aromatic heterocycles. The van der Waals surface area contributed by atoms with Crippen LogP contribution in [0.25, 0.3) is 0 Å². The summed E-state index contributed by atoms with van der Waals surface area (Å²) in [5.74, 6) is 1.06. The second-order valence-corrected chi connectivity index (χ2v) is 5.00. The quantitative estimate of drug-likeness (QED) is 0.718. The Kier molecular flexibility index (Phi) is 2.72. The van der Waals surface area contributed by atoms with E-state index in [9.17, 15) is 5.11 Å². The van der Waals surface area contributed by atoms with Crippen molar-refractivity contribution in [1.29, 1.82) is 0 Å². The highest BCUT2D eigenvalue weighted by Gasteiger charge is 2.43. The SMILES string of the molecule is O[C@@]12CCNC[C@@H]1CN(c1ncccn1)CC2. The molecule has 5 heteroatoms. The number of rotatable bonds is 1. The molecule has 92 valence electrons. The molecule has 0 bridgehead atoms. The molecule has 3 heterocycles. The summed E-state index contributed by atoms with van der Waals surface area (Å²) in [5.41, 5.74) is -0.476. The number of nitrogens with zero attached hydrogens (tertiary/aromatic N) is 3. The summed E-state index contributed by atoms with van der Waals surface area (Å²) in [7, 11) is 0. The van der Waals surface area contributed by atoms with E-state index in [0.717, 1.165) is 45.0 Å². The van der Waals surface area contributed by atoms with Gasteiger partial charge in [-0.05, 0) is 25.5 Å². The first-order chi connectivity index (χ1) is 8.28. The van der Waals surface area contributed by atoms with E-state index in [-0.39, 0.29) is 5.92 Å². The number of aliphatic hydroxyl groups is 1. The van der Waals surface area contributed by atoms with Gasteiger partial charge in [-0.1, -0.05) is 0 Å². The maximum Gasteiger partial charge on any atom is 0.225 e. The lowest BCUT2D eigenvalue weighted by Gasteiger charge is -2.47. The lowest BCUT2D eigenvalue weighted by molar-refractivity contribution is -0.0540. The Balaban J connectivity index is 1.76. The lowest BCUT2D eigenvalue weighted by atomic mass is 9.76. The number of fused-ring (bicyclic) bond motifs is 1. The zero-order valence-corrected chi connectivity index (χ0v) is 9.84. The second kappa shape index (κ2) is 4.23. The molecule has 2 aliphatic heterocycles. The summed E-state index contributed by atoms with van der Waals surface area (Å²) in [6.45, 7) is 3.50. The van der Waals surface area contributed by atoms with Gasteiger partial charge in [0.2, 0.25) is 5.95 Å². The minimum absolute atomic E-state index is 0.286. The minimum atomic E-state index is -0.476. The van der Waals surface area contributed by atoms with Crippen molar-refractivity contribution in [3.05, 3.63) is 18.5 Å². The van der Waals surface area contributed by atoms with Gasteiger partial charge in [-0.15, -0.1) is 0 Å². The van der Waals surface area contributed by atoms with E-state index in [0.29, 0.717) is 0 Å². The molecule has 0 amide bonds. The van der Waals surface area contributed by atoms with E-state index in [4.69, 9.17) is 0 Å².